The average Bonchev–Trinajstić information content (AvgIpc) is 3.17. The first-order chi connectivity index (χ1) is 14.7. The zero-order valence-corrected chi connectivity index (χ0v) is 20.9. The lowest BCUT2D eigenvalue weighted by Gasteiger charge is -2.12. The van der Waals surface area contributed by atoms with Crippen LogP contribution in [0.3, 0.4) is 0 Å². The predicted molar refractivity (Wildman–Crippen MR) is 138 cm³/mol. The van der Waals surface area contributed by atoms with E-state index >= 15 is 0 Å². The van der Waals surface area contributed by atoms with Gasteiger partial charge in [0.05, 0.1) is 5.69 Å². The summed E-state index contributed by atoms with van der Waals surface area (Å²) in [6.07, 6.45) is 6.36. The number of thiazole rings is 1. The standard InChI is InChI=1S/C23H22N4OS2.2ClH/c1-16(2)12-17-15-29-23(26-17)27-22-21(28-18-6-4-3-5-7-18)13-20(14-25-22)30-19-8-10-24-11-9-19;;/h3-11,13-16H,12H2,1-2H3,(H,25,26,27);2*1H. The molecule has 0 unspecified atom stereocenters. The van der Waals surface area contributed by atoms with Gasteiger partial charge in [0.25, 0.3) is 0 Å². The van der Waals surface area contributed by atoms with Crippen molar-refractivity contribution in [3.05, 3.63) is 78.2 Å². The van der Waals surface area contributed by atoms with Gasteiger partial charge in [-0.05, 0) is 36.6 Å². The van der Waals surface area contributed by atoms with Crippen LogP contribution in [0, 0.1) is 5.92 Å². The predicted octanol–water partition coefficient (Wildman–Crippen LogP) is 7.66. The molecule has 4 aromatic rings. The summed E-state index contributed by atoms with van der Waals surface area (Å²) in [5.41, 5.74) is 1.09. The van der Waals surface area contributed by atoms with E-state index in [4.69, 9.17) is 4.74 Å². The van der Waals surface area contributed by atoms with Gasteiger partial charge < -0.3 is 10.1 Å². The van der Waals surface area contributed by atoms with Gasteiger partial charge in [0.1, 0.15) is 5.75 Å². The molecule has 0 aliphatic heterocycles. The largest absolute Gasteiger partial charge is 0.453 e. The van der Waals surface area contributed by atoms with E-state index in [-0.39, 0.29) is 24.8 Å². The zero-order valence-electron chi connectivity index (χ0n) is 17.6. The van der Waals surface area contributed by atoms with E-state index in [2.05, 4.69) is 39.5 Å². The van der Waals surface area contributed by atoms with Gasteiger partial charge in [0, 0.05) is 39.8 Å². The van der Waals surface area contributed by atoms with E-state index in [9.17, 15) is 0 Å². The molecule has 5 nitrogen and oxygen atoms in total. The van der Waals surface area contributed by atoms with Crippen LogP contribution in [0.15, 0.2) is 82.3 Å². The molecule has 3 aromatic heterocycles. The highest BCUT2D eigenvalue weighted by Crippen LogP contribution is 2.36. The van der Waals surface area contributed by atoms with Crippen molar-refractivity contribution < 1.29 is 4.74 Å². The van der Waals surface area contributed by atoms with E-state index in [0.717, 1.165) is 32.8 Å². The maximum absolute atomic E-state index is 6.16. The number of nitrogens with zero attached hydrogens (tertiary/aromatic N) is 3. The molecule has 9 heteroatoms. The maximum Gasteiger partial charge on any atom is 0.188 e. The van der Waals surface area contributed by atoms with Crippen LogP contribution in [-0.2, 0) is 6.42 Å². The molecule has 0 saturated heterocycles. The van der Waals surface area contributed by atoms with Crippen molar-refractivity contribution in [2.24, 2.45) is 5.92 Å². The van der Waals surface area contributed by atoms with Crippen molar-refractivity contribution in [3.63, 3.8) is 0 Å². The average molecular weight is 508 g/mol. The highest BCUT2D eigenvalue weighted by atomic mass is 35.5. The van der Waals surface area contributed by atoms with Gasteiger partial charge in [-0.15, -0.1) is 36.2 Å². The Balaban J connectivity index is 0.00000181. The van der Waals surface area contributed by atoms with E-state index < -0.39 is 0 Å². The molecule has 0 radical (unpaired) electrons. The van der Waals surface area contributed by atoms with Gasteiger partial charge >= 0.3 is 0 Å². The zero-order chi connectivity index (χ0) is 20.8. The Labute approximate surface area is 208 Å². The van der Waals surface area contributed by atoms with Gasteiger partial charge in [0.15, 0.2) is 16.7 Å². The lowest BCUT2D eigenvalue weighted by molar-refractivity contribution is 0.481. The van der Waals surface area contributed by atoms with E-state index in [1.807, 2.05) is 54.7 Å². The molecule has 0 fully saturated rings. The molecule has 0 atom stereocenters. The van der Waals surface area contributed by atoms with Crippen LogP contribution in [0.2, 0.25) is 0 Å². The Morgan fingerprint density at radius 2 is 1.78 bits per heavy atom. The summed E-state index contributed by atoms with van der Waals surface area (Å²) in [6, 6.07) is 15.7. The fourth-order valence-corrected chi connectivity index (χ4v) is 4.31. The summed E-state index contributed by atoms with van der Waals surface area (Å²) < 4.78 is 6.16. The Morgan fingerprint density at radius 3 is 2.50 bits per heavy atom. The third-order valence-electron chi connectivity index (χ3n) is 4.08. The van der Waals surface area contributed by atoms with Gasteiger partial charge in [-0.3, -0.25) is 4.98 Å². The Hall–Kier alpha value is -2.32. The first kappa shape index (κ1) is 25.9. The fourth-order valence-electron chi connectivity index (χ4n) is 2.79. The smallest absolute Gasteiger partial charge is 0.188 e. The molecule has 168 valence electrons. The van der Waals surface area contributed by atoms with Crippen molar-refractivity contribution in [1.29, 1.82) is 0 Å². The number of rotatable bonds is 8. The molecular weight excluding hydrogens is 483 g/mol. The van der Waals surface area contributed by atoms with E-state index in [0.29, 0.717) is 17.5 Å². The summed E-state index contributed by atoms with van der Waals surface area (Å²) in [5.74, 6) is 2.62. The molecule has 0 amide bonds. The highest BCUT2D eigenvalue weighted by molar-refractivity contribution is 7.99. The second-order valence-electron chi connectivity index (χ2n) is 7.08. The number of aromatic nitrogens is 3. The van der Waals surface area contributed by atoms with Crippen molar-refractivity contribution in [1.82, 2.24) is 15.0 Å². The minimum Gasteiger partial charge on any atom is -0.453 e. The Morgan fingerprint density at radius 1 is 1.03 bits per heavy atom. The summed E-state index contributed by atoms with van der Waals surface area (Å²) in [7, 11) is 0. The van der Waals surface area contributed by atoms with Gasteiger partial charge in [-0.1, -0.05) is 43.8 Å². The van der Waals surface area contributed by atoms with Crippen LogP contribution < -0.4 is 10.1 Å². The summed E-state index contributed by atoms with van der Waals surface area (Å²) in [5, 5.41) is 6.23. The number of para-hydroxylation sites is 1. The lowest BCUT2D eigenvalue weighted by atomic mass is 10.1. The lowest BCUT2D eigenvalue weighted by Crippen LogP contribution is -1.99. The topological polar surface area (TPSA) is 59.9 Å². The number of benzene rings is 1. The summed E-state index contributed by atoms with van der Waals surface area (Å²) in [6.45, 7) is 4.39. The third-order valence-corrected chi connectivity index (χ3v) is 5.85. The van der Waals surface area contributed by atoms with Crippen LogP contribution in [0.1, 0.15) is 19.5 Å². The maximum atomic E-state index is 6.16. The van der Waals surface area contributed by atoms with Crippen LogP contribution in [0.25, 0.3) is 0 Å². The van der Waals surface area contributed by atoms with E-state index in [1.54, 1.807) is 35.5 Å². The Kier molecular flexibility index (Phi) is 10.3. The molecule has 0 aliphatic carbocycles. The van der Waals surface area contributed by atoms with Crippen LogP contribution >= 0.6 is 47.9 Å². The Bertz CT molecular complexity index is 1100. The van der Waals surface area contributed by atoms with Crippen LogP contribution in [0.5, 0.6) is 11.5 Å². The molecule has 3 heterocycles. The van der Waals surface area contributed by atoms with Gasteiger partial charge in [-0.25, -0.2) is 9.97 Å². The second-order valence-corrected chi connectivity index (χ2v) is 9.09. The number of pyridine rings is 2. The molecule has 0 bridgehead atoms. The molecule has 1 aromatic carbocycles. The van der Waals surface area contributed by atoms with Crippen molar-refractivity contribution in [2.45, 2.75) is 30.1 Å². The second kappa shape index (κ2) is 12.6. The van der Waals surface area contributed by atoms with Gasteiger partial charge in [0.2, 0.25) is 0 Å². The molecule has 4 rings (SSSR count). The van der Waals surface area contributed by atoms with Crippen molar-refractivity contribution >= 4 is 58.9 Å². The molecule has 0 aliphatic rings. The summed E-state index contributed by atoms with van der Waals surface area (Å²) >= 11 is 3.19. The number of hydrogen-bond donors (Lipinski definition) is 1. The fraction of sp³-hybridized carbons (Fsp3) is 0.174. The number of nitrogens with one attached hydrogen (secondary N) is 1. The quantitative estimate of drug-likeness (QED) is 0.264. The molecule has 1 N–H and O–H groups in total. The van der Waals surface area contributed by atoms with E-state index in [1.165, 1.54) is 0 Å². The minimum atomic E-state index is 0. The van der Waals surface area contributed by atoms with Gasteiger partial charge in [-0.2, -0.15) is 0 Å². The highest BCUT2D eigenvalue weighted by Gasteiger charge is 2.12. The third kappa shape index (κ3) is 7.38. The molecular formula is C23H24Cl2N4OS2. The van der Waals surface area contributed by atoms with Crippen LogP contribution in [-0.4, -0.2) is 15.0 Å². The number of halogens is 2. The first-order valence-corrected chi connectivity index (χ1v) is 11.4. The molecule has 0 spiro atoms. The SMILES string of the molecule is CC(C)Cc1csc(Nc2ncc(Sc3ccncc3)cc2Oc2ccccc2)n1.Cl.Cl. The number of anilines is 2. The van der Waals surface area contributed by atoms with Crippen molar-refractivity contribution in [3.8, 4) is 11.5 Å². The molecule has 0 saturated carbocycles. The minimum absolute atomic E-state index is 0. The molecule has 32 heavy (non-hydrogen) atoms. The number of hydrogen-bond acceptors (Lipinski definition) is 7. The normalized spacial score (nSPS) is 10.2. The van der Waals surface area contributed by atoms with Crippen LogP contribution in [0.4, 0.5) is 10.9 Å². The number of ether oxygens (including phenoxy) is 1. The van der Waals surface area contributed by atoms with Crippen molar-refractivity contribution in [2.75, 3.05) is 5.32 Å². The first-order valence-electron chi connectivity index (χ1n) is 9.68. The summed E-state index contributed by atoms with van der Waals surface area (Å²) in [4.78, 5) is 15.5. The monoisotopic (exact) mass is 506 g/mol.